The highest BCUT2D eigenvalue weighted by Gasteiger charge is 2.62. The standard InChI is InChI=1S/C17H22O7/c1-2-12-22-14-16(23-12)21-11-8-20-15(10-6-4-3-5-7-10)24-13(11)17(14,19)9-18/h3-7,11-16,18-19H,2,8-9H2,1H3/t11-,12+,13-,14+,15?,16-,17-/m1/s1. The molecule has 0 saturated carbocycles. The van der Waals surface area contributed by atoms with Crippen molar-refractivity contribution in [1.29, 1.82) is 0 Å². The Morgan fingerprint density at radius 3 is 2.58 bits per heavy atom. The van der Waals surface area contributed by atoms with Gasteiger partial charge in [-0.1, -0.05) is 37.3 Å². The van der Waals surface area contributed by atoms with Gasteiger partial charge < -0.3 is 33.9 Å². The Morgan fingerprint density at radius 1 is 1.08 bits per heavy atom. The minimum Gasteiger partial charge on any atom is -0.393 e. The summed E-state index contributed by atoms with van der Waals surface area (Å²) in [6.45, 7) is 1.63. The minimum absolute atomic E-state index is 0.232. The first-order valence-corrected chi connectivity index (χ1v) is 8.27. The Hall–Kier alpha value is -1.06. The van der Waals surface area contributed by atoms with E-state index >= 15 is 0 Å². The maximum Gasteiger partial charge on any atom is 0.190 e. The molecule has 3 aliphatic heterocycles. The highest BCUT2D eigenvalue weighted by molar-refractivity contribution is 5.17. The van der Waals surface area contributed by atoms with E-state index in [4.69, 9.17) is 23.7 Å². The number of ether oxygens (including phenoxy) is 5. The van der Waals surface area contributed by atoms with Gasteiger partial charge in [0.25, 0.3) is 0 Å². The first-order valence-electron chi connectivity index (χ1n) is 8.27. The predicted molar refractivity (Wildman–Crippen MR) is 80.7 cm³/mol. The van der Waals surface area contributed by atoms with Gasteiger partial charge in [0, 0.05) is 5.56 Å². The van der Waals surface area contributed by atoms with E-state index in [1.807, 2.05) is 37.3 Å². The van der Waals surface area contributed by atoms with Crippen LogP contribution >= 0.6 is 0 Å². The molecule has 7 nitrogen and oxygen atoms in total. The zero-order valence-electron chi connectivity index (χ0n) is 13.4. The van der Waals surface area contributed by atoms with E-state index in [1.165, 1.54) is 0 Å². The molecule has 0 aromatic heterocycles. The lowest BCUT2D eigenvalue weighted by Crippen LogP contribution is -2.70. The third kappa shape index (κ3) is 2.57. The summed E-state index contributed by atoms with van der Waals surface area (Å²) in [4.78, 5) is 0. The lowest BCUT2D eigenvalue weighted by atomic mass is 9.84. The highest BCUT2D eigenvalue weighted by Crippen LogP contribution is 2.43. The average Bonchev–Trinajstić information content (AvgIpc) is 3.06. The molecule has 24 heavy (non-hydrogen) atoms. The van der Waals surface area contributed by atoms with Gasteiger partial charge in [0.15, 0.2) is 18.9 Å². The van der Waals surface area contributed by atoms with Crippen molar-refractivity contribution in [2.45, 2.75) is 56.1 Å². The molecule has 3 heterocycles. The molecule has 3 fully saturated rings. The molecule has 0 amide bonds. The fourth-order valence-corrected chi connectivity index (χ4v) is 3.51. The Kier molecular flexibility index (Phi) is 4.34. The Balaban J connectivity index is 1.59. The molecule has 4 rings (SSSR count). The van der Waals surface area contributed by atoms with Crippen LogP contribution in [0, 0.1) is 0 Å². The van der Waals surface area contributed by atoms with Crippen LogP contribution < -0.4 is 0 Å². The normalized spacial score (nSPS) is 44.8. The van der Waals surface area contributed by atoms with Gasteiger partial charge in [0.2, 0.25) is 0 Å². The number of benzene rings is 1. The molecule has 1 unspecified atom stereocenters. The van der Waals surface area contributed by atoms with Gasteiger partial charge >= 0.3 is 0 Å². The van der Waals surface area contributed by atoms with Gasteiger partial charge in [-0.05, 0) is 6.42 Å². The van der Waals surface area contributed by atoms with Crippen molar-refractivity contribution < 1.29 is 33.9 Å². The number of aliphatic hydroxyl groups excluding tert-OH is 1. The summed E-state index contributed by atoms with van der Waals surface area (Å²) in [7, 11) is 0. The third-order valence-corrected chi connectivity index (χ3v) is 4.80. The average molecular weight is 338 g/mol. The van der Waals surface area contributed by atoms with E-state index in [9.17, 15) is 10.2 Å². The summed E-state index contributed by atoms with van der Waals surface area (Å²) < 4.78 is 28.9. The van der Waals surface area contributed by atoms with Crippen LogP contribution in [-0.4, -0.2) is 59.9 Å². The Bertz CT molecular complexity index is 567. The molecular weight excluding hydrogens is 316 g/mol. The number of fused-ring (bicyclic) bond motifs is 2. The molecule has 7 heteroatoms. The van der Waals surface area contributed by atoms with Crippen molar-refractivity contribution in [3.63, 3.8) is 0 Å². The van der Waals surface area contributed by atoms with Gasteiger partial charge in [-0.2, -0.15) is 0 Å². The van der Waals surface area contributed by atoms with Gasteiger partial charge in [0.05, 0.1) is 13.2 Å². The number of hydrogen-bond donors (Lipinski definition) is 2. The molecule has 1 aromatic rings. The van der Waals surface area contributed by atoms with Crippen LogP contribution in [0.4, 0.5) is 0 Å². The van der Waals surface area contributed by atoms with Crippen molar-refractivity contribution in [1.82, 2.24) is 0 Å². The number of aliphatic hydroxyl groups is 2. The maximum absolute atomic E-state index is 11.1. The fraction of sp³-hybridized carbons (Fsp3) is 0.647. The van der Waals surface area contributed by atoms with E-state index in [0.717, 1.165) is 5.56 Å². The summed E-state index contributed by atoms with van der Waals surface area (Å²) in [5, 5.41) is 21.0. The van der Waals surface area contributed by atoms with Gasteiger partial charge in [-0.25, -0.2) is 0 Å². The zero-order valence-corrected chi connectivity index (χ0v) is 13.4. The van der Waals surface area contributed by atoms with Crippen molar-refractivity contribution in [2.24, 2.45) is 0 Å². The van der Waals surface area contributed by atoms with Crippen molar-refractivity contribution in [3.8, 4) is 0 Å². The Labute approximate surface area is 140 Å². The van der Waals surface area contributed by atoms with E-state index in [2.05, 4.69) is 0 Å². The highest BCUT2D eigenvalue weighted by atomic mass is 16.8. The second-order valence-corrected chi connectivity index (χ2v) is 6.36. The van der Waals surface area contributed by atoms with Crippen LogP contribution in [0.3, 0.4) is 0 Å². The molecule has 0 bridgehead atoms. The molecule has 2 N–H and O–H groups in total. The van der Waals surface area contributed by atoms with Crippen molar-refractivity contribution >= 4 is 0 Å². The van der Waals surface area contributed by atoms with Crippen LogP contribution in [0.25, 0.3) is 0 Å². The van der Waals surface area contributed by atoms with E-state index in [-0.39, 0.29) is 6.61 Å². The van der Waals surface area contributed by atoms with Crippen LogP contribution in [0.15, 0.2) is 30.3 Å². The zero-order chi connectivity index (χ0) is 16.7. The molecular formula is C17H22O7. The summed E-state index contributed by atoms with van der Waals surface area (Å²) in [5.41, 5.74) is -0.776. The second kappa shape index (κ2) is 6.34. The quantitative estimate of drug-likeness (QED) is 0.839. The first kappa shape index (κ1) is 16.4. The van der Waals surface area contributed by atoms with Gasteiger partial charge in [-0.15, -0.1) is 0 Å². The summed E-state index contributed by atoms with van der Waals surface area (Å²) in [6.07, 6.45) is -3.34. The van der Waals surface area contributed by atoms with E-state index < -0.39 is 49.4 Å². The monoisotopic (exact) mass is 338 g/mol. The maximum atomic E-state index is 11.1. The minimum atomic E-state index is -1.62. The van der Waals surface area contributed by atoms with Crippen LogP contribution in [-0.2, 0) is 23.7 Å². The topological polar surface area (TPSA) is 86.6 Å². The predicted octanol–water partition coefficient (Wildman–Crippen LogP) is 0.700. The van der Waals surface area contributed by atoms with Crippen LogP contribution in [0.1, 0.15) is 25.2 Å². The van der Waals surface area contributed by atoms with E-state index in [0.29, 0.717) is 6.42 Å². The molecule has 3 aliphatic rings. The second-order valence-electron chi connectivity index (χ2n) is 6.36. The summed E-state index contributed by atoms with van der Waals surface area (Å²) in [5.74, 6) is 0. The molecule has 1 aromatic carbocycles. The summed E-state index contributed by atoms with van der Waals surface area (Å²) >= 11 is 0. The first-order chi connectivity index (χ1) is 11.7. The van der Waals surface area contributed by atoms with Crippen molar-refractivity contribution in [3.05, 3.63) is 35.9 Å². The number of hydrogen-bond acceptors (Lipinski definition) is 7. The Morgan fingerprint density at radius 2 is 1.88 bits per heavy atom. The molecule has 3 saturated heterocycles. The lowest BCUT2D eigenvalue weighted by molar-refractivity contribution is -0.367. The molecule has 7 atom stereocenters. The van der Waals surface area contributed by atoms with Gasteiger partial charge in [-0.3, -0.25) is 0 Å². The van der Waals surface area contributed by atoms with Crippen LogP contribution in [0.5, 0.6) is 0 Å². The molecule has 0 spiro atoms. The van der Waals surface area contributed by atoms with Crippen LogP contribution in [0.2, 0.25) is 0 Å². The van der Waals surface area contributed by atoms with Crippen molar-refractivity contribution in [2.75, 3.05) is 13.2 Å². The molecule has 0 aliphatic carbocycles. The largest absolute Gasteiger partial charge is 0.393 e. The smallest absolute Gasteiger partial charge is 0.190 e. The molecule has 0 radical (unpaired) electrons. The summed E-state index contributed by atoms with van der Waals surface area (Å²) in [6, 6.07) is 9.46. The van der Waals surface area contributed by atoms with Gasteiger partial charge in [0.1, 0.15) is 23.9 Å². The number of rotatable bonds is 3. The fourth-order valence-electron chi connectivity index (χ4n) is 3.51. The SMILES string of the molecule is CC[C@@H]1O[C@H]2O[C@@H]3COC(c4ccccc4)O[C@H]3[C@](O)(CO)[C@H]2O1. The lowest BCUT2D eigenvalue weighted by Gasteiger charge is -2.50. The molecule has 132 valence electrons. The van der Waals surface area contributed by atoms with E-state index in [1.54, 1.807) is 0 Å². The third-order valence-electron chi connectivity index (χ3n) is 4.80.